The van der Waals surface area contributed by atoms with Crippen molar-refractivity contribution in [3.63, 3.8) is 0 Å². The molecule has 2 aliphatic heterocycles. The van der Waals surface area contributed by atoms with Crippen molar-refractivity contribution in [3.8, 4) is 5.75 Å². The number of allylic oxidation sites excluding steroid dienone is 1. The summed E-state index contributed by atoms with van der Waals surface area (Å²) >= 11 is 0. The van der Waals surface area contributed by atoms with E-state index in [-0.39, 0.29) is 5.70 Å². The summed E-state index contributed by atoms with van der Waals surface area (Å²) in [5.74, 6) is -2.41. The molecule has 2 aromatic carbocycles. The van der Waals surface area contributed by atoms with Crippen LogP contribution in [0.4, 0.5) is 10.5 Å². The van der Waals surface area contributed by atoms with E-state index >= 15 is 0 Å². The summed E-state index contributed by atoms with van der Waals surface area (Å²) in [7, 11) is 1.61. The van der Waals surface area contributed by atoms with E-state index in [1.54, 1.807) is 45.2 Å². The molecule has 6 N–H and O–H groups in total. The number of carboxylic acids is 2. The third-order valence-electron chi connectivity index (χ3n) is 8.44. The van der Waals surface area contributed by atoms with E-state index in [1.165, 1.54) is 6.08 Å². The fourth-order valence-corrected chi connectivity index (χ4v) is 6.10. The summed E-state index contributed by atoms with van der Waals surface area (Å²) in [4.78, 5) is 38.7. The zero-order chi connectivity index (χ0) is 30.5. The number of nitrogens with zero attached hydrogens (tertiary/aromatic N) is 1. The van der Waals surface area contributed by atoms with Crippen molar-refractivity contribution >= 4 is 23.7 Å². The molecule has 11 heteroatoms. The molecule has 2 aromatic rings. The zero-order valence-electron chi connectivity index (χ0n) is 24.2. The number of anilines is 1. The van der Waals surface area contributed by atoms with Gasteiger partial charge in [0.05, 0.1) is 18.6 Å². The van der Waals surface area contributed by atoms with Gasteiger partial charge in [-0.25, -0.2) is 9.59 Å². The minimum Gasteiger partial charge on any atom is -0.497 e. The maximum atomic E-state index is 12.6. The van der Waals surface area contributed by atoms with Gasteiger partial charge in [-0.05, 0) is 74.2 Å². The van der Waals surface area contributed by atoms with Gasteiger partial charge in [0.25, 0.3) is 0 Å². The summed E-state index contributed by atoms with van der Waals surface area (Å²) in [6.07, 6.45) is 3.40. The first-order chi connectivity index (χ1) is 19.9. The van der Waals surface area contributed by atoms with Gasteiger partial charge in [-0.1, -0.05) is 31.2 Å². The zero-order valence-corrected chi connectivity index (χ0v) is 24.2. The molecule has 0 radical (unpaired) electrons. The van der Waals surface area contributed by atoms with Crippen molar-refractivity contribution in [2.75, 3.05) is 38.6 Å². The molecule has 11 nitrogen and oxygen atoms in total. The highest BCUT2D eigenvalue weighted by molar-refractivity contribution is 5.90. The van der Waals surface area contributed by atoms with Crippen molar-refractivity contribution in [2.24, 2.45) is 5.92 Å². The predicted molar refractivity (Wildman–Crippen MR) is 157 cm³/mol. The van der Waals surface area contributed by atoms with Crippen LogP contribution in [0.2, 0.25) is 0 Å². The lowest BCUT2D eigenvalue weighted by Gasteiger charge is -2.41. The van der Waals surface area contributed by atoms with Gasteiger partial charge in [0, 0.05) is 36.8 Å². The summed E-state index contributed by atoms with van der Waals surface area (Å²) in [6, 6.07) is 13.4. The number of amides is 2. The number of hydrogen-bond acceptors (Lipinski definition) is 7. The smallest absolute Gasteiger partial charge is 0.351 e. The number of urea groups is 1. The van der Waals surface area contributed by atoms with Crippen LogP contribution in [0.3, 0.4) is 0 Å². The minimum absolute atomic E-state index is 0.0581. The van der Waals surface area contributed by atoms with Crippen LogP contribution in [-0.4, -0.2) is 77.5 Å². The maximum Gasteiger partial charge on any atom is 0.351 e. The first-order valence-corrected chi connectivity index (χ1v) is 14.2. The average molecular weight is 581 g/mol. The molecule has 1 saturated heterocycles. The van der Waals surface area contributed by atoms with Crippen LogP contribution in [-0.2, 0) is 20.6 Å². The third kappa shape index (κ3) is 6.85. The maximum absolute atomic E-state index is 12.6. The fourth-order valence-electron chi connectivity index (χ4n) is 6.10. The monoisotopic (exact) mass is 580 g/mol. The van der Waals surface area contributed by atoms with Crippen molar-refractivity contribution in [1.82, 2.24) is 15.5 Å². The Bertz CT molecular complexity index is 1340. The SMILES string of the molecule is COc1cccc(C2(O)CCN(CCCNC(=O)Nc3cccc(C4(C)C=C(C(=O)O)NC(C)C4C(=O)O)c3)CC2)c1. The first-order valence-electron chi connectivity index (χ1n) is 14.2. The Balaban J connectivity index is 1.29. The van der Waals surface area contributed by atoms with E-state index in [0.717, 1.165) is 37.4 Å². The molecule has 0 bridgehead atoms. The van der Waals surface area contributed by atoms with E-state index < -0.39 is 40.9 Å². The second-order valence-corrected chi connectivity index (χ2v) is 11.3. The van der Waals surface area contributed by atoms with Crippen molar-refractivity contribution in [3.05, 3.63) is 71.4 Å². The number of aliphatic hydroxyl groups is 1. The number of carbonyl (C=O) groups excluding carboxylic acids is 1. The highest BCUT2D eigenvalue weighted by Crippen LogP contribution is 2.40. The quantitative estimate of drug-likeness (QED) is 0.232. The van der Waals surface area contributed by atoms with Gasteiger partial charge in [-0.2, -0.15) is 0 Å². The molecule has 3 unspecified atom stereocenters. The molecule has 3 atom stereocenters. The number of likely N-dealkylation sites (tertiary alicyclic amines) is 1. The highest BCUT2D eigenvalue weighted by Gasteiger charge is 2.47. The largest absolute Gasteiger partial charge is 0.497 e. The number of rotatable bonds is 10. The van der Waals surface area contributed by atoms with Crippen molar-refractivity contribution in [1.29, 1.82) is 0 Å². The van der Waals surface area contributed by atoms with Gasteiger partial charge in [-0.3, -0.25) is 4.79 Å². The number of methoxy groups -OCH3 is 1. The molecule has 42 heavy (non-hydrogen) atoms. The van der Waals surface area contributed by atoms with E-state index in [4.69, 9.17) is 4.74 Å². The van der Waals surface area contributed by atoms with Crippen molar-refractivity contribution in [2.45, 2.75) is 50.2 Å². The van der Waals surface area contributed by atoms with Gasteiger partial charge in [0.15, 0.2) is 0 Å². The lowest BCUT2D eigenvalue weighted by molar-refractivity contribution is -0.145. The molecule has 0 aromatic heterocycles. The average Bonchev–Trinajstić information content (AvgIpc) is 2.96. The Hall–Kier alpha value is -4.09. The Morgan fingerprint density at radius 1 is 1.07 bits per heavy atom. The summed E-state index contributed by atoms with van der Waals surface area (Å²) in [5.41, 5.74) is -0.137. The van der Waals surface area contributed by atoms with Crippen LogP contribution < -0.4 is 20.7 Å². The number of piperidine rings is 1. The van der Waals surface area contributed by atoms with Crippen LogP contribution in [0.5, 0.6) is 5.75 Å². The highest BCUT2D eigenvalue weighted by atomic mass is 16.5. The Labute approximate surface area is 245 Å². The Morgan fingerprint density at radius 2 is 1.76 bits per heavy atom. The van der Waals surface area contributed by atoms with Gasteiger partial charge in [0.2, 0.25) is 0 Å². The predicted octanol–water partition coefficient (Wildman–Crippen LogP) is 3.11. The second kappa shape index (κ2) is 12.8. The van der Waals surface area contributed by atoms with E-state index in [9.17, 15) is 29.7 Å². The summed E-state index contributed by atoms with van der Waals surface area (Å²) < 4.78 is 5.29. The van der Waals surface area contributed by atoms with E-state index in [1.807, 2.05) is 24.3 Å². The normalized spacial score (nSPS) is 23.7. The van der Waals surface area contributed by atoms with Crippen LogP contribution in [0.1, 0.15) is 44.2 Å². The fraction of sp³-hybridized carbons (Fsp3) is 0.452. The third-order valence-corrected chi connectivity index (χ3v) is 8.44. The molecule has 4 rings (SSSR count). The molecule has 0 saturated carbocycles. The molecule has 0 spiro atoms. The summed E-state index contributed by atoms with van der Waals surface area (Å²) in [5, 5.41) is 39.1. The number of benzene rings is 2. The lowest BCUT2D eigenvalue weighted by Crippen LogP contribution is -2.53. The minimum atomic E-state index is -1.16. The molecule has 2 heterocycles. The molecule has 226 valence electrons. The second-order valence-electron chi connectivity index (χ2n) is 11.3. The van der Waals surface area contributed by atoms with Crippen molar-refractivity contribution < 1.29 is 34.4 Å². The van der Waals surface area contributed by atoms with Gasteiger partial charge in [0.1, 0.15) is 11.4 Å². The number of hydrogen-bond donors (Lipinski definition) is 6. The van der Waals surface area contributed by atoms with Crippen LogP contribution in [0.25, 0.3) is 0 Å². The Morgan fingerprint density at radius 3 is 2.43 bits per heavy atom. The van der Waals surface area contributed by atoms with Crippen LogP contribution in [0.15, 0.2) is 60.3 Å². The molecule has 2 amide bonds. The topological polar surface area (TPSA) is 160 Å². The number of nitrogens with one attached hydrogen (secondary N) is 3. The van der Waals surface area contributed by atoms with Gasteiger partial charge in [-0.15, -0.1) is 0 Å². The van der Waals surface area contributed by atoms with Crippen LogP contribution >= 0.6 is 0 Å². The number of aliphatic carboxylic acids is 2. The molecular weight excluding hydrogens is 540 g/mol. The number of carboxylic acid groups (broad SMARTS) is 2. The standard InChI is InChI=1S/C31H40N4O7/c1-20-26(28(38)39)30(2,19-25(33-20)27(36)37)21-7-4-9-23(17-21)34-29(40)32-13-6-14-35-15-11-31(41,12-16-35)22-8-5-10-24(18-22)42-3/h4-5,7-10,17-20,26,33,41H,6,11-16H2,1-3H3,(H,36,37)(H,38,39)(H2,32,34,40). The van der Waals surface area contributed by atoms with Gasteiger partial charge >= 0.3 is 18.0 Å². The number of ether oxygens (including phenoxy) is 1. The molecule has 2 aliphatic rings. The molecule has 0 aliphatic carbocycles. The molecular formula is C31H40N4O7. The van der Waals surface area contributed by atoms with Gasteiger partial charge < -0.3 is 40.9 Å². The van der Waals surface area contributed by atoms with E-state index in [2.05, 4.69) is 20.9 Å². The Kier molecular flexibility index (Phi) is 9.43. The summed E-state index contributed by atoms with van der Waals surface area (Å²) in [6.45, 7) is 6.07. The number of carbonyl (C=O) groups is 3. The lowest BCUT2D eigenvalue weighted by atomic mass is 9.66. The first kappa shape index (κ1) is 30.9. The van der Waals surface area contributed by atoms with Crippen LogP contribution in [0, 0.1) is 5.92 Å². The van der Waals surface area contributed by atoms with E-state index in [0.29, 0.717) is 30.6 Å². The molecule has 1 fully saturated rings.